The van der Waals surface area contributed by atoms with Crippen LogP contribution in [0.25, 0.3) is 0 Å². The predicted octanol–water partition coefficient (Wildman–Crippen LogP) is 3.25. The van der Waals surface area contributed by atoms with Crippen LogP contribution in [0, 0.1) is 27.0 Å². The molecule has 0 aliphatic heterocycles. The molecule has 0 heterocycles. The summed E-state index contributed by atoms with van der Waals surface area (Å²) in [6, 6.07) is 8.61. The van der Waals surface area contributed by atoms with Gasteiger partial charge in [-0.3, -0.25) is 0 Å². The van der Waals surface area contributed by atoms with Gasteiger partial charge >= 0.3 is 131 Å². The Hall–Kier alpha value is -0.631. The summed E-state index contributed by atoms with van der Waals surface area (Å²) >= 11 is -2.86. The molecular weight excluding hydrogens is 327 g/mol. The van der Waals surface area contributed by atoms with Gasteiger partial charge in [-0.25, -0.2) is 0 Å². The minimum absolute atomic E-state index is 0.0403. The van der Waals surface area contributed by atoms with E-state index in [4.69, 9.17) is 0 Å². The van der Waals surface area contributed by atoms with E-state index in [0.29, 0.717) is 5.92 Å². The van der Waals surface area contributed by atoms with Crippen LogP contribution in [0.3, 0.4) is 0 Å². The topological polar surface area (TPSA) is 37.3 Å². The Morgan fingerprint density at radius 1 is 1.19 bits per heavy atom. The van der Waals surface area contributed by atoms with Crippen molar-refractivity contribution in [3.63, 3.8) is 0 Å². The first-order valence-corrected chi connectivity index (χ1v) is 10.2. The van der Waals surface area contributed by atoms with Crippen LogP contribution in [0.15, 0.2) is 24.3 Å². The van der Waals surface area contributed by atoms with Crippen molar-refractivity contribution in [2.24, 2.45) is 22.2 Å². The SMILES string of the molecule is CC12CCC(C3(Cc4ccccc4C3)[C+]1[Se](=O)O)C2(C)C. The van der Waals surface area contributed by atoms with E-state index in [9.17, 15) is 8.02 Å². The van der Waals surface area contributed by atoms with Gasteiger partial charge in [-0.1, -0.05) is 0 Å². The molecule has 1 spiro atoms. The van der Waals surface area contributed by atoms with Crippen molar-refractivity contribution in [2.45, 2.75) is 46.5 Å². The molecule has 4 rings (SSSR count). The van der Waals surface area contributed by atoms with Crippen LogP contribution in [0.4, 0.5) is 0 Å². The molecule has 2 nitrogen and oxygen atoms in total. The van der Waals surface area contributed by atoms with Gasteiger partial charge in [-0.2, -0.15) is 0 Å². The third-order valence-electron chi connectivity index (χ3n) is 7.15. The second-order valence-electron chi connectivity index (χ2n) is 8.00. The molecule has 3 unspecified atom stereocenters. The molecular formula is C18H23O2Se+. The number of fused-ring (bicyclic) bond motifs is 4. The molecule has 0 radical (unpaired) electrons. The quantitative estimate of drug-likeness (QED) is 0.624. The van der Waals surface area contributed by atoms with Crippen molar-refractivity contribution in [3.8, 4) is 0 Å². The van der Waals surface area contributed by atoms with Crippen LogP contribution < -0.4 is 0 Å². The fourth-order valence-electron chi connectivity index (χ4n) is 6.00. The van der Waals surface area contributed by atoms with E-state index in [2.05, 4.69) is 45.0 Å². The van der Waals surface area contributed by atoms with Gasteiger partial charge in [0.15, 0.2) is 0 Å². The van der Waals surface area contributed by atoms with E-state index < -0.39 is 14.2 Å². The Labute approximate surface area is 131 Å². The van der Waals surface area contributed by atoms with Crippen LogP contribution in [-0.4, -0.2) is 18.4 Å². The molecule has 0 saturated heterocycles. The van der Waals surface area contributed by atoms with Crippen molar-refractivity contribution < 1.29 is 8.02 Å². The van der Waals surface area contributed by atoms with Crippen LogP contribution in [0.5, 0.6) is 0 Å². The van der Waals surface area contributed by atoms with Gasteiger partial charge < -0.3 is 0 Å². The van der Waals surface area contributed by atoms with E-state index >= 15 is 0 Å². The van der Waals surface area contributed by atoms with Crippen molar-refractivity contribution in [1.29, 1.82) is 0 Å². The van der Waals surface area contributed by atoms with Crippen molar-refractivity contribution in [1.82, 2.24) is 0 Å². The fourth-order valence-corrected chi connectivity index (χ4v) is 8.91. The second-order valence-corrected chi connectivity index (χ2v) is 9.90. The molecule has 0 amide bonds. The Bertz CT molecular complexity index is 611. The molecule has 1 N–H and O–H groups in total. The molecule has 1 aromatic carbocycles. The summed E-state index contributed by atoms with van der Waals surface area (Å²) in [4.78, 5) is 1.03. The Morgan fingerprint density at radius 3 is 2.29 bits per heavy atom. The summed E-state index contributed by atoms with van der Waals surface area (Å²) in [5.74, 6) is 0.546. The van der Waals surface area contributed by atoms with Gasteiger partial charge in [0.1, 0.15) is 0 Å². The minimum atomic E-state index is -2.86. The molecule has 3 aliphatic rings. The van der Waals surface area contributed by atoms with Crippen LogP contribution >= 0.6 is 0 Å². The summed E-state index contributed by atoms with van der Waals surface area (Å²) < 4.78 is 22.6. The van der Waals surface area contributed by atoms with Crippen molar-refractivity contribution in [2.75, 3.05) is 0 Å². The van der Waals surface area contributed by atoms with Gasteiger partial charge in [0.2, 0.25) is 0 Å². The van der Waals surface area contributed by atoms with E-state index in [0.717, 1.165) is 24.1 Å². The van der Waals surface area contributed by atoms with Crippen LogP contribution in [-0.2, 0) is 16.7 Å². The summed E-state index contributed by atoms with van der Waals surface area (Å²) in [6.45, 7) is 6.92. The molecule has 0 aromatic heterocycles. The van der Waals surface area contributed by atoms with E-state index in [1.807, 2.05) is 0 Å². The normalized spacial score (nSPS) is 36.2. The van der Waals surface area contributed by atoms with Gasteiger partial charge in [-0.05, 0) is 0 Å². The number of rotatable bonds is 1. The molecule has 1 aromatic rings. The van der Waals surface area contributed by atoms with Crippen LogP contribution in [0.1, 0.15) is 44.7 Å². The standard InChI is InChI=1S/C18H22O2Se/c1-16(2)14-8-9-17(16,3)15(21(19)20)18(14)10-12-6-4-5-7-13(12)11-18/h4-7,14H,8-11H2,1-3H3/p+1. The Balaban J connectivity index is 1.89. The van der Waals surface area contributed by atoms with Crippen LogP contribution in [0.2, 0.25) is 0 Å². The van der Waals surface area contributed by atoms with Gasteiger partial charge in [-0.15, -0.1) is 0 Å². The van der Waals surface area contributed by atoms with Gasteiger partial charge in [0.25, 0.3) is 0 Å². The summed E-state index contributed by atoms with van der Waals surface area (Å²) in [7, 11) is 0. The fraction of sp³-hybridized carbons (Fsp3) is 0.611. The first kappa shape index (κ1) is 14.0. The van der Waals surface area contributed by atoms with E-state index in [1.54, 1.807) is 0 Å². The first-order valence-electron chi connectivity index (χ1n) is 7.88. The third kappa shape index (κ3) is 1.46. The Morgan fingerprint density at radius 2 is 1.76 bits per heavy atom. The molecule has 3 heteroatoms. The monoisotopic (exact) mass is 351 g/mol. The average molecular weight is 350 g/mol. The molecule has 2 saturated carbocycles. The third-order valence-corrected chi connectivity index (χ3v) is 9.68. The molecule has 2 fully saturated rings. The van der Waals surface area contributed by atoms with E-state index in [1.165, 1.54) is 17.5 Å². The molecule has 2 bridgehead atoms. The zero-order valence-electron chi connectivity index (χ0n) is 13.0. The second kappa shape index (κ2) is 4.01. The number of benzene rings is 1. The summed E-state index contributed by atoms with van der Waals surface area (Å²) in [6.07, 6.45) is 4.25. The number of hydrogen-bond acceptors (Lipinski definition) is 1. The van der Waals surface area contributed by atoms with Crippen molar-refractivity contribution >= 4 is 14.2 Å². The Kier molecular flexibility index (Phi) is 2.67. The molecule has 112 valence electrons. The number of hydrogen-bond donors (Lipinski definition) is 1. The van der Waals surface area contributed by atoms with Gasteiger partial charge in [0.05, 0.1) is 0 Å². The predicted molar refractivity (Wildman–Crippen MR) is 82.8 cm³/mol. The summed E-state index contributed by atoms with van der Waals surface area (Å²) in [5, 5.41) is 0. The van der Waals surface area contributed by atoms with Crippen molar-refractivity contribution in [3.05, 3.63) is 40.2 Å². The van der Waals surface area contributed by atoms with E-state index in [-0.39, 0.29) is 16.2 Å². The van der Waals surface area contributed by atoms with Gasteiger partial charge in [0, 0.05) is 0 Å². The molecule has 21 heavy (non-hydrogen) atoms. The zero-order chi connectivity index (χ0) is 15.0. The average Bonchev–Trinajstić information content (AvgIpc) is 2.90. The summed E-state index contributed by atoms with van der Waals surface area (Å²) in [5.41, 5.74) is 2.84. The first-order chi connectivity index (χ1) is 9.83. The maximum absolute atomic E-state index is 12.4. The molecule has 3 aliphatic carbocycles. The molecule has 3 atom stereocenters. The zero-order valence-corrected chi connectivity index (χ0v) is 14.7. The maximum atomic E-state index is 12.4.